The molecule has 2 amide bonds. The van der Waals surface area contributed by atoms with Crippen LogP contribution >= 0.6 is 0 Å². The number of oxazole rings is 1. The lowest BCUT2D eigenvalue weighted by molar-refractivity contribution is 0.152. The van der Waals surface area contributed by atoms with Crippen LogP contribution in [-0.2, 0) is 0 Å². The molecule has 7 heteroatoms. The number of amides is 2. The van der Waals surface area contributed by atoms with Crippen LogP contribution in [0.5, 0.6) is 0 Å². The molecule has 1 aliphatic heterocycles. The number of nitrogens with one attached hydrogen (secondary N) is 1. The van der Waals surface area contributed by atoms with Gasteiger partial charge in [0, 0.05) is 55.5 Å². The van der Waals surface area contributed by atoms with E-state index in [4.69, 9.17) is 4.42 Å². The van der Waals surface area contributed by atoms with E-state index < -0.39 is 0 Å². The van der Waals surface area contributed by atoms with Gasteiger partial charge in [-0.1, -0.05) is 17.7 Å². The molecule has 3 aromatic rings. The number of fused-ring (bicyclic) bond motifs is 1. The summed E-state index contributed by atoms with van der Waals surface area (Å²) >= 11 is 0. The number of likely N-dealkylation sites (tertiary alicyclic amines) is 1. The molecular weight excluding hydrogens is 358 g/mol. The number of aromatic nitrogens is 1. The minimum absolute atomic E-state index is 0.0409. The van der Waals surface area contributed by atoms with Gasteiger partial charge in [-0.05, 0) is 31.2 Å². The summed E-state index contributed by atoms with van der Waals surface area (Å²) in [6.45, 7) is 2.79. The number of rotatable bonds is 4. The van der Waals surface area contributed by atoms with Crippen molar-refractivity contribution in [3.63, 3.8) is 0 Å². The second kappa shape index (κ2) is 7.61. The number of hydrogen-bond donors (Lipinski definition) is 3. The van der Waals surface area contributed by atoms with Crippen LogP contribution in [0.3, 0.4) is 0 Å². The van der Waals surface area contributed by atoms with Crippen molar-refractivity contribution in [2.24, 2.45) is 11.8 Å². The lowest BCUT2D eigenvalue weighted by Crippen LogP contribution is -2.33. The third kappa shape index (κ3) is 3.58. The fraction of sp³-hybridized carbons (Fsp3) is 0.333. The molecule has 3 N–H and O–H groups in total. The summed E-state index contributed by atoms with van der Waals surface area (Å²) in [5.41, 5.74) is 3.95. The summed E-state index contributed by atoms with van der Waals surface area (Å²) in [7, 11) is 0. The number of urea groups is 1. The van der Waals surface area contributed by atoms with Crippen LogP contribution in [0.25, 0.3) is 22.6 Å². The third-order valence-corrected chi connectivity index (χ3v) is 5.24. The molecule has 146 valence electrons. The molecule has 4 rings (SSSR count). The summed E-state index contributed by atoms with van der Waals surface area (Å²) in [5, 5.41) is 21.7. The molecule has 0 bridgehead atoms. The summed E-state index contributed by atoms with van der Waals surface area (Å²) in [6, 6.07) is 13.0. The van der Waals surface area contributed by atoms with Gasteiger partial charge in [-0.3, -0.25) is 0 Å². The highest BCUT2D eigenvalue weighted by Gasteiger charge is 2.34. The van der Waals surface area contributed by atoms with Gasteiger partial charge in [-0.25, -0.2) is 9.78 Å². The van der Waals surface area contributed by atoms with Gasteiger partial charge in [0.05, 0.1) is 0 Å². The number of carbonyl (C=O) groups is 1. The van der Waals surface area contributed by atoms with Crippen molar-refractivity contribution in [3.05, 3.63) is 48.0 Å². The van der Waals surface area contributed by atoms with Gasteiger partial charge in [0.1, 0.15) is 5.52 Å². The minimum Gasteiger partial charge on any atom is -0.436 e. The predicted octanol–water partition coefficient (Wildman–Crippen LogP) is 2.87. The number of anilines is 1. The van der Waals surface area contributed by atoms with Gasteiger partial charge >= 0.3 is 6.03 Å². The Kier molecular flexibility index (Phi) is 5.02. The molecule has 1 aliphatic rings. The van der Waals surface area contributed by atoms with E-state index in [1.165, 1.54) is 0 Å². The average Bonchev–Trinajstić information content (AvgIpc) is 3.31. The zero-order chi connectivity index (χ0) is 19.7. The molecule has 2 heterocycles. The van der Waals surface area contributed by atoms with Crippen LogP contribution in [-0.4, -0.2) is 52.4 Å². The Bertz CT molecular complexity index is 988. The van der Waals surface area contributed by atoms with Crippen LogP contribution in [0.4, 0.5) is 10.5 Å². The monoisotopic (exact) mass is 381 g/mol. The molecule has 0 spiro atoms. The smallest absolute Gasteiger partial charge is 0.321 e. The van der Waals surface area contributed by atoms with E-state index in [1.807, 2.05) is 37.3 Å². The molecule has 0 unspecified atom stereocenters. The molecule has 2 atom stereocenters. The zero-order valence-electron chi connectivity index (χ0n) is 15.6. The van der Waals surface area contributed by atoms with Gasteiger partial charge in [0.25, 0.3) is 0 Å². The van der Waals surface area contributed by atoms with Gasteiger partial charge in [-0.15, -0.1) is 0 Å². The van der Waals surface area contributed by atoms with Crippen molar-refractivity contribution in [1.29, 1.82) is 0 Å². The molecule has 1 fully saturated rings. The summed E-state index contributed by atoms with van der Waals surface area (Å²) < 4.78 is 5.88. The van der Waals surface area contributed by atoms with Crippen molar-refractivity contribution in [2.75, 3.05) is 31.6 Å². The van der Waals surface area contributed by atoms with E-state index in [0.717, 1.165) is 16.6 Å². The van der Waals surface area contributed by atoms with E-state index >= 15 is 0 Å². The van der Waals surface area contributed by atoms with E-state index in [9.17, 15) is 15.0 Å². The van der Waals surface area contributed by atoms with Crippen LogP contribution in [0.2, 0.25) is 0 Å². The number of aryl methyl sites for hydroxylation is 1. The lowest BCUT2D eigenvalue weighted by Gasteiger charge is -2.17. The molecule has 0 radical (unpaired) electrons. The van der Waals surface area contributed by atoms with Crippen LogP contribution in [0.15, 0.2) is 46.9 Å². The average molecular weight is 381 g/mol. The minimum atomic E-state index is -0.257. The third-order valence-electron chi connectivity index (χ3n) is 5.24. The number of aliphatic hydroxyl groups excluding tert-OH is 2. The van der Waals surface area contributed by atoms with E-state index in [-0.39, 0.29) is 31.1 Å². The van der Waals surface area contributed by atoms with Crippen molar-refractivity contribution in [3.8, 4) is 11.5 Å². The predicted molar refractivity (Wildman–Crippen MR) is 106 cm³/mol. The van der Waals surface area contributed by atoms with Gasteiger partial charge in [0.2, 0.25) is 5.89 Å². The second-order valence-corrected chi connectivity index (χ2v) is 7.29. The SMILES string of the molecule is Cc1cccc(-c2nc3ccc(NC(=O)N4C[C@@H](CO)[C@H](CO)C4)cc3o2)c1. The largest absolute Gasteiger partial charge is 0.436 e. The topological polar surface area (TPSA) is 98.8 Å². The summed E-state index contributed by atoms with van der Waals surface area (Å²) in [5.74, 6) is 0.354. The molecular formula is C21H23N3O4. The van der Waals surface area contributed by atoms with Gasteiger partial charge < -0.3 is 24.8 Å². The number of nitrogens with zero attached hydrogens (tertiary/aromatic N) is 2. The van der Waals surface area contributed by atoms with E-state index in [1.54, 1.807) is 17.0 Å². The Hall–Kier alpha value is -2.90. The Morgan fingerprint density at radius 1 is 1.18 bits per heavy atom. The first kappa shape index (κ1) is 18.5. The molecule has 0 saturated carbocycles. The Morgan fingerprint density at radius 3 is 2.61 bits per heavy atom. The first-order chi connectivity index (χ1) is 13.6. The van der Waals surface area contributed by atoms with Gasteiger partial charge in [0.15, 0.2) is 5.58 Å². The maximum Gasteiger partial charge on any atom is 0.321 e. The fourth-order valence-corrected chi connectivity index (χ4v) is 3.62. The lowest BCUT2D eigenvalue weighted by atomic mass is 9.98. The van der Waals surface area contributed by atoms with Crippen molar-refractivity contribution in [1.82, 2.24) is 9.88 Å². The van der Waals surface area contributed by atoms with Crippen LogP contribution in [0.1, 0.15) is 5.56 Å². The standard InChI is InChI=1S/C21H23N3O4/c1-13-3-2-4-14(7-13)20-23-18-6-5-17(8-19(18)28-20)22-21(27)24-9-15(11-25)16(10-24)12-26/h2-8,15-16,25-26H,9-12H2,1H3,(H,22,27)/t15-,16-/m0/s1. The molecule has 1 saturated heterocycles. The summed E-state index contributed by atoms with van der Waals surface area (Å²) in [4.78, 5) is 18.7. The number of benzene rings is 2. The molecule has 2 aromatic carbocycles. The highest BCUT2D eigenvalue weighted by atomic mass is 16.3. The van der Waals surface area contributed by atoms with Crippen molar-refractivity contribution in [2.45, 2.75) is 6.92 Å². The maximum absolute atomic E-state index is 12.5. The molecule has 28 heavy (non-hydrogen) atoms. The van der Waals surface area contributed by atoms with E-state index in [0.29, 0.717) is 30.3 Å². The number of aliphatic hydroxyl groups is 2. The van der Waals surface area contributed by atoms with Gasteiger partial charge in [-0.2, -0.15) is 0 Å². The molecule has 0 aliphatic carbocycles. The Morgan fingerprint density at radius 2 is 1.93 bits per heavy atom. The summed E-state index contributed by atoms with van der Waals surface area (Å²) in [6.07, 6.45) is 0. The first-order valence-electron chi connectivity index (χ1n) is 9.32. The van der Waals surface area contributed by atoms with E-state index in [2.05, 4.69) is 10.3 Å². The zero-order valence-corrected chi connectivity index (χ0v) is 15.6. The Labute approximate surface area is 162 Å². The molecule has 1 aromatic heterocycles. The maximum atomic E-state index is 12.5. The van der Waals surface area contributed by atoms with Crippen LogP contribution < -0.4 is 5.32 Å². The number of carbonyl (C=O) groups excluding carboxylic acids is 1. The molecule has 7 nitrogen and oxygen atoms in total. The first-order valence-corrected chi connectivity index (χ1v) is 9.32. The Balaban J connectivity index is 1.51. The van der Waals surface area contributed by atoms with Crippen molar-refractivity contribution >= 4 is 22.8 Å². The second-order valence-electron chi connectivity index (χ2n) is 7.29. The highest BCUT2D eigenvalue weighted by Crippen LogP contribution is 2.28. The van der Waals surface area contributed by atoms with Crippen molar-refractivity contribution < 1.29 is 19.4 Å². The number of hydrogen-bond acceptors (Lipinski definition) is 5. The highest BCUT2D eigenvalue weighted by molar-refractivity contribution is 5.92. The fourth-order valence-electron chi connectivity index (χ4n) is 3.62. The van der Waals surface area contributed by atoms with Crippen LogP contribution in [0, 0.1) is 18.8 Å². The quantitative estimate of drug-likeness (QED) is 0.645. The normalized spacial score (nSPS) is 19.3.